The minimum absolute atomic E-state index is 0.141. The summed E-state index contributed by atoms with van der Waals surface area (Å²) in [5, 5.41) is 5.57. The van der Waals surface area contributed by atoms with E-state index in [0.29, 0.717) is 6.04 Å². The van der Waals surface area contributed by atoms with Gasteiger partial charge in [-0.2, -0.15) is 0 Å². The van der Waals surface area contributed by atoms with Gasteiger partial charge in [-0.1, -0.05) is 36.4 Å². The van der Waals surface area contributed by atoms with E-state index in [4.69, 9.17) is 0 Å². The summed E-state index contributed by atoms with van der Waals surface area (Å²) in [6, 6.07) is 14.6. The third-order valence-corrected chi connectivity index (χ3v) is 4.32. The minimum Gasteiger partial charge on any atom is -0.333 e. The summed E-state index contributed by atoms with van der Waals surface area (Å²) in [4.78, 5) is 14.9. The first kappa shape index (κ1) is 13.1. The Hall–Kier alpha value is -1.87. The van der Waals surface area contributed by atoms with Gasteiger partial charge in [0.2, 0.25) is 0 Å². The maximum atomic E-state index is 12.9. The molecule has 104 valence electrons. The average molecular weight is 268 g/mol. The lowest BCUT2D eigenvalue weighted by atomic mass is 10.0. The van der Waals surface area contributed by atoms with Gasteiger partial charge in [-0.25, -0.2) is 0 Å². The van der Waals surface area contributed by atoms with Crippen LogP contribution in [0.1, 0.15) is 24.2 Å². The van der Waals surface area contributed by atoms with Crippen LogP contribution >= 0.6 is 0 Å². The molecule has 3 heteroatoms. The molecular formula is C17H20N2O. The summed E-state index contributed by atoms with van der Waals surface area (Å²) in [5.41, 5.74) is 0.809. The van der Waals surface area contributed by atoms with Crippen molar-refractivity contribution in [3.8, 4) is 0 Å². The van der Waals surface area contributed by atoms with Gasteiger partial charge in [0.1, 0.15) is 0 Å². The molecule has 0 saturated carbocycles. The highest BCUT2D eigenvalue weighted by Gasteiger charge is 2.29. The van der Waals surface area contributed by atoms with Gasteiger partial charge in [-0.05, 0) is 30.7 Å². The number of carbonyl (C=O) groups is 1. The SMILES string of the molecule is CC1NCCN(C(=O)c2cccc3ccccc23)C1C. The molecule has 2 unspecified atom stereocenters. The van der Waals surface area contributed by atoms with Gasteiger partial charge in [0.15, 0.2) is 0 Å². The second-order valence-corrected chi connectivity index (χ2v) is 5.51. The van der Waals surface area contributed by atoms with Crippen molar-refractivity contribution >= 4 is 16.7 Å². The number of nitrogens with one attached hydrogen (secondary N) is 1. The van der Waals surface area contributed by atoms with E-state index < -0.39 is 0 Å². The van der Waals surface area contributed by atoms with Gasteiger partial charge in [0.05, 0.1) is 0 Å². The second kappa shape index (κ2) is 5.25. The molecule has 20 heavy (non-hydrogen) atoms. The normalized spacial score (nSPS) is 23.0. The lowest BCUT2D eigenvalue weighted by Gasteiger charge is -2.38. The largest absolute Gasteiger partial charge is 0.333 e. The van der Waals surface area contributed by atoms with Crippen molar-refractivity contribution in [1.82, 2.24) is 10.2 Å². The van der Waals surface area contributed by atoms with Crippen molar-refractivity contribution in [2.24, 2.45) is 0 Å². The topological polar surface area (TPSA) is 32.3 Å². The smallest absolute Gasteiger partial charge is 0.254 e. The third-order valence-electron chi connectivity index (χ3n) is 4.32. The van der Waals surface area contributed by atoms with E-state index in [1.54, 1.807) is 0 Å². The van der Waals surface area contributed by atoms with Gasteiger partial charge in [0.25, 0.3) is 5.91 Å². The summed E-state index contributed by atoms with van der Waals surface area (Å²) >= 11 is 0. The molecule has 2 aromatic carbocycles. The molecule has 3 rings (SSSR count). The molecule has 0 spiro atoms. The Balaban J connectivity index is 2.00. The molecule has 1 fully saturated rings. The Morgan fingerprint density at radius 2 is 1.90 bits per heavy atom. The first-order valence-corrected chi connectivity index (χ1v) is 7.20. The second-order valence-electron chi connectivity index (χ2n) is 5.51. The number of hydrogen-bond donors (Lipinski definition) is 1. The highest BCUT2D eigenvalue weighted by molar-refractivity contribution is 6.07. The van der Waals surface area contributed by atoms with E-state index in [1.807, 2.05) is 35.2 Å². The van der Waals surface area contributed by atoms with E-state index in [2.05, 4.69) is 31.3 Å². The third kappa shape index (κ3) is 2.18. The summed E-state index contributed by atoms with van der Waals surface area (Å²) in [6.45, 7) is 5.88. The van der Waals surface area contributed by atoms with E-state index in [0.717, 1.165) is 29.4 Å². The predicted octanol–water partition coefficient (Wildman–Crippen LogP) is 2.66. The van der Waals surface area contributed by atoms with Gasteiger partial charge < -0.3 is 10.2 Å². The van der Waals surface area contributed by atoms with Crippen LogP contribution in [0.4, 0.5) is 0 Å². The zero-order valence-electron chi connectivity index (χ0n) is 12.0. The van der Waals surface area contributed by atoms with Crippen LogP contribution in [0.15, 0.2) is 42.5 Å². The molecule has 0 radical (unpaired) electrons. The van der Waals surface area contributed by atoms with Gasteiger partial charge in [-0.15, -0.1) is 0 Å². The van der Waals surface area contributed by atoms with Crippen LogP contribution in [0.25, 0.3) is 10.8 Å². The fourth-order valence-corrected chi connectivity index (χ4v) is 2.91. The van der Waals surface area contributed by atoms with E-state index in [-0.39, 0.29) is 11.9 Å². The lowest BCUT2D eigenvalue weighted by Crippen LogP contribution is -2.57. The Morgan fingerprint density at radius 3 is 2.75 bits per heavy atom. The van der Waals surface area contributed by atoms with E-state index in [1.165, 1.54) is 0 Å². The van der Waals surface area contributed by atoms with Crippen LogP contribution in [0.2, 0.25) is 0 Å². The number of piperazine rings is 1. The fourth-order valence-electron chi connectivity index (χ4n) is 2.91. The Labute approximate surface area is 119 Å². The molecule has 1 aliphatic heterocycles. The molecule has 1 amide bonds. The van der Waals surface area contributed by atoms with Crippen LogP contribution in [0.3, 0.4) is 0 Å². The predicted molar refractivity (Wildman–Crippen MR) is 81.9 cm³/mol. The Kier molecular flexibility index (Phi) is 3.45. The number of benzene rings is 2. The Morgan fingerprint density at radius 1 is 1.15 bits per heavy atom. The number of carbonyl (C=O) groups excluding carboxylic acids is 1. The quantitative estimate of drug-likeness (QED) is 0.862. The van der Waals surface area contributed by atoms with Crippen molar-refractivity contribution in [2.75, 3.05) is 13.1 Å². The molecule has 1 aliphatic rings. The highest BCUT2D eigenvalue weighted by atomic mass is 16.2. The highest BCUT2D eigenvalue weighted by Crippen LogP contribution is 2.22. The van der Waals surface area contributed by atoms with Crippen molar-refractivity contribution < 1.29 is 4.79 Å². The van der Waals surface area contributed by atoms with Crippen molar-refractivity contribution in [3.05, 3.63) is 48.0 Å². The number of nitrogens with zero attached hydrogens (tertiary/aromatic N) is 1. The van der Waals surface area contributed by atoms with Gasteiger partial charge >= 0.3 is 0 Å². The lowest BCUT2D eigenvalue weighted by molar-refractivity contribution is 0.0605. The van der Waals surface area contributed by atoms with Crippen LogP contribution in [0, 0.1) is 0 Å². The molecule has 1 heterocycles. The van der Waals surface area contributed by atoms with Crippen molar-refractivity contribution in [1.29, 1.82) is 0 Å². The van der Waals surface area contributed by atoms with E-state index >= 15 is 0 Å². The maximum Gasteiger partial charge on any atom is 0.254 e. The van der Waals surface area contributed by atoms with Crippen LogP contribution in [-0.4, -0.2) is 36.0 Å². The van der Waals surface area contributed by atoms with Crippen molar-refractivity contribution in [3.63, 3.8) is 0 Å². The molecule has 0 aliphatic carbocycles. The summed E-state index contributed by atoms with van der Waals surface area (Å²) in [5.74, 6) is 0.141. The number of rotatable bonds is 1. The van der Waals surface area contributed by atoms with Gasteiger partial charge in [-0.3, -0.25) is 4.79 Å². The molecule has 1 N–H and O–H groups in total. The van der Waals surface area contributed by atoms with Crippen molar-refractivity contribution in [2.45, 2.75) is 25.9 Å². The molecular weight excluding hydrogens is 248 g/mol. The number of hydrogen-bond acceptors (Lipinski definition) is 2. The fraction of sp³-hybridized carbons (Fsp3) is 0.353. The Bertz CT molecular complexity index is 632. The van der Waals surface area contributed by atoms with E-state index in [9.17, 15) is 4.79 Å². The monoisotopic (exact) mass is 268 g/mol. The van der Waals surface area contributed by atoms with Gasteiger partial charge in [0, 0.05) is 30.7 Å². The van der Waals surface area contributed by atoms with Crippen LogP contribution in [-0.2, 0) is 0 Å². The molecule has 0 aromatic heterocycles. The minimum atomic E-state index is 0.141. The number of amides is 1. The average Bonchev–Trinajstić information content (AvgIpc) is 2.49. The summed E-state index contributed by atoms with van der Waals surface area (Å²) in [6.07, 6.45) is 0. The molecule has 1 saturated heterocycles. The zero-order chi connectivity index (χ0) is 14.1. The van der Waals surface area contributed by atoms with Crippen LogP contribution < -0.4 is 5.32 Å². The maximum absolute atomic E-state index is 12.9. The number of fused-ring (bicyclic) bond motifs is 1. The molecule has 3 nitrogen and oxygen atoms in total. The summed E-state index contributed by atoms with van der Waals surface area (Å²) < 4.78 is 0. The first-order chi connectivity index (χ1) is 9.68. The summed E-state index contributed by atoms with van der Waals surface area (Å²) in [7, 11) is 0. The molecule has 0 bridgehead atoms. The van der Waals surface area contributed by atoms with Crippen LogP contribution in [0.5, 0.6) is 0 Å². The molecule has 2 aromatic rings. The zero-order valence-corrected chi connectivity index (χ0v) is 12.0. The first-order valence-electron chi connectivity index (χ1n) is 7.20. The molecule has 2 atom stereocenters. The standard InChI is InChI=1S/C17H20N2O/c1-12-13(2)19(11-10-18-12)17(20)16-9-5-7-14-6-3-4-8-15(14)16/h3-9,12-13,18H,10-11H2,1-2H3.